The summed E-state index contributed by atoms with van der Waals surface area (Å²) in [6.07, 6.45) is 3.50. The van der Waals surface area contributed by atoms with E-state index in [2.05, 4.69) is 24.0 Å². The minimum atomic E-state index is -0.537. The van der Waals surface area contributed by atoms with Crippen LogP contribution in [0.1, 0.15) is 75.6 Å². The van der Waals surface area contributed by atoms with Gasteiger partial charge in [-0.15, -0.1) is 0 Å². The highest BCUT2D eigenvalue weighted by Crippen LogP contribution is 2.28. The largest absolute Gasteiger partial charge is 0.444 e. The number of hydrogen-bond acceptors (Lipinski definition) is 4. The molecule has 3 heterocycles. The standard InChI is InChI=1S/C19H30N4O3/c1-12-7-6-8-13(2)23(12)17(24)16-14-11-22(10-9-15(14)20-21-16)18(25)26-19(3,4)5/h12-13H,6-11H2,1-5H3,(H,20,21). The Morgan fingerprint density at radius 1 is 1.19 bits per heavy atom. The van der Waals surface area contributed by atoms with Gasteiger partial charge in [-0.25, -0.2) is 4.79 Å². The Hall–Kier alpha value is -2.05. The molecule has 2 unspecified atom stereocenters. The van der Waals surface area contributed by atoms with Crippen LogP contribution in [0.3, 0.4) is 0 Å². The molecular formula is C19H30N4O3. The minimum Gasteiger partial charge on any atom is -0.444 e. The summed E-state index contributed by atoms with van der Waals surface area (Å²) in [6.45, 7) is 10.7. The maximum absolute atomic E-state index is 13.2. The van der Waals surface area contributed by atoms with Gasteiger partial charge in [-0.3, -0.25) is 9.89 Å². The van der Waals surface area contributed by atoms with Gasteiger partial charge in [-0.2, -0.15) is 5.10 Å². The van der Waals surface area contributed by atoms with Crippen LogP contribution in [0.25, 0.3) is 0 Å². The molecule has 0 bridgehead atoms. The number of ether oxygens (including phenoxy) is 1. The molecule has 1 fully saturated rings. The normalized spacial score (nSPS) is 23.6. The second kappa shape index (κ2) is 6.93. The van der Waals surface area contributed by atoms with Gasteiger partial charge >= 0.3 is 6.09 Å². The van der Waals surface area contributed by atoms with Crippen LogP contribution in [0.4, 0.5) is 4.79 Å². The quantitative estimate of drug-likeness (QED) is 0.832. The molecule has 0 spiro atoms. The molecule has 2 aliphatic heterocycles. The van der Waals surface area contributed by atoms with Crippen molar-refractivity contribution in [2.75, 3.05) is 6.54 Å². The number of nitrogens with one attached hydrogen (secondary N) is 1. The van der Waals surface area contributed by atoms with Crippen LogP contribution in [0.5, 0.6) is 0 Å². The molecule has 0 aromatic carbocycles. The van der Waals surface area contributed by atoms with Crippen molar-refractivity contribution in [1.29, 1.82) is 0 Å². The summed E-state index contributed by atoms with van der Waals surface area (Å²) in [5.41, 5.74) is 1.70. The highest BCUT2D eigenvalue weighted by molar-refractivity contribution is 5.94. The zero-order valence-electron chi connectivity index (χ0n) is 16.5. The van der Waals surface area contributed by atoms with Crippen LogP contribution in [0, 0.1) is 0 Å². The fourth-order valence-electron chi connectivity index (χ4n) is 3.90. The van der Waals surface area contributed by atoms with E-state index < -0.39 is 5.60 Å². The summed E-state index contributed by atoms with van der Waals surface area (Å²) in [4.78, 5) is 29.2. The lowest BCUT2D eigenvalue weighted by Crippen LogP contribution is -2.48. The topological polar surface area (TPSA) is 78.5 Å². The smallest absolute Gasteiger partial charge is 0.410 e. The Morgan fingerprint density at radius 2 is 1.85 bits per heavy atom. The monoisotopic (exact) mass is 362 g/mol. The van der Waals surface area contributed by atoms with E-state index in [1.54, 1.807) is 4.90 Å². The number of carbonyl (C=O) groups is 2. The molecule has 1 aromatic rings. The number of aromatic amines is 1. The Morgan fingerprint density at radius 3 is 2.46 bits per heavy atom. The molecule has 144 valence electrons. The summed E-state index contributed by atoms with van der Waals surface area (Å²) >= 11 is 0. The molecule has 2 atom stereocenters. The molecule has 1 N–H and O–H groups in total. The van der Waals surface area contributed by atoms with Crippen molar-refractivity contribution < 1.29 is 14.3 Å². The van der Waals surface area contributed by atoms with Crippen LogP contribution in [-0.4, -0.2) is 56.2 Å². The maximum atomic E-state index is 13.2. The fourth-order valence-corrected chi connectivity index (χ4v) is 3.90. The zero-order valence-corrected chi connectivity index (χ0v) is 16.5. The van der Waals surface area contributed by atoms with Gasteiger partial charge in [0.1, 0.15) is 5.60 Å². The number of amides is 2. The van der Waals surface area contributed by atoms with Gasteiger partial charge < -0.3 is 14.5 Å². The van der Waals surface area contributed by atoms with Gasteiger partial charge in [-0.1, -0.05) is 0 Å². The van der Waals surface area contributed by atoms with E-state index in [9.17, 15) is 9.59 Å². The number of nitrogens with zero attached hydrogens (tertiary/aromatic N) is 3. The second-order valence-electron chi connectivity index (χ2n) is 8.52. The molecule has 2 aliphatic rings. The van der Waals surface area contributed by atoms with Crippen LogP contribution in [0.15, 0.2) is 0 Å². The number of fused-ring (bicyclic) bond motifs is 1. The van der Waals surface area contributed by atoms with Crippen molar-refractivity contribution in [3.63, 3.8) is 0 Å². The number of H-pyrrole nitrogens is 1. The molecule has 26 heavy (non-hydrogen) atoms. The summed E-state index contributed by atoms with van der Waals surface area (Å²) in [7, 11) is 0. The lowest BCUT2D eigenvalue weighted by atomic mass is 9.96. The third kappa shape index (κ3) is 3.71. The molecule has 2 amide bonds. The fraction of sp³-hybridized carbons (Fsp3) is 0.737. The third-order valence-electron chi connectivity index (χ3n) is 5.22. The second-order valence-corrected chi connectivity index (χ2v) is 8.52. The number of rotatable bonds is 1. The molecule has 7 nitrogen and oxygen atoms in total. The van der Waals surface area contributed by atoms with Gasteiger partial charge in [0.15, 0.2) is 5.69 Å². The van der Waals surface area contributed by atoms with Crippen molar-refractivity contribution in [2.45, 2.75) is 84.5 Å². The van der Waals surface area contributed by atoms with Crippen molar-refractivity contribution in [3.05, 3.63) is 17.0 Å². The van der Waals surface area contributed by atoms with Crippen molar-refractivity contribution in [3.8, 4) is 0 Å². The molecular weight excluding hydrogens is 332 g/mol. The van der Waals surface area contributed by atoms with E-state index in [-0.39, 0.29) is 24.1 Å². The first-order valence-electron chi connectivity index (χ1n) is 9.54. The van der Waals surface area contributed by atoms with Crippen molar-refractivity contribution in [1.82, 2.24) is 20.0 Å². The van der Waals surface area contributed by atoms with Gasteiger partial charge in [-0.05, 0) is 53.9 Å². The van der Waals surface area contributed by atoms with Gasteiger partial charge in [0, 0.05) is 36.3 Å². The van der Waals surface area contributed by atoms with Crippen molar-refractivity contribution in [2.24, 2.45) is 0 Å². The minimum absolute atomic E-state index is 0.0340. The van der Waals surface area contributed by atoms with Crippen LogP contribution < -0.4 is 0 Å². The Kier molecular flexibility index (Phi) is 4.99. The Balaban J connectivity index is 1.80. The lowest BCUT2D eigenvalue weighted by molar-refractivity contribution is 0.0220. The van der Waals surface area contributed by atoms with E-state index in [0.29, 0.717) is 25.2 Å². The number of hydrogen-bond donors (Lipinski definition) is 1. The van der Waals surface area contributed by atoms with Gasteiger partial charge in [0.2, 0.25) is 0 Å². The van der Waals surface area contributed by atoms with Crippen LogP contribution in [-0.2, 0) is 17.7 Å². The third-order valence-corrected chi connectivity index (χ3v) is 5.22. The number of piperidine rings is 1. The SMILES string of the molecule is CC1CCCC(C)N1C(=O)c1n[nH]c2c1CN(C(=O)OC(C)(C)C)CC2. The molecule has 1 saturated heterocycles. The summed E-state index contributed by atoms with van der Waals surface area (Å²) < 4.78 is 5.48. The van der Waals surface area contributed by atoms with E-state index in [4.69, 9.17) is 4.74 Å². The molecule has 7 heteroatoms. The highest BCUT2D eigenvalue weighted by Gasteiger charge is 2.35. The predicted molar refractivity (Wildman–Crippen MR) is 97.9 cm³/mol. The highest BCUT2D eigenvalue weighted by atomic mass is 16.6. The lowest BCUT2D eigenvalue weighted by Gasteiger charge is -2.39. The maximum Gasteiger partial charge on any atom is 0.410 e. The van der Waals surface area contributed by atoms with E-state index >= 15 is 0 Å². The number of aromatic nitrogens is 2. The average Bonchev–Trinajstić information content (AvgIpc) is 2.96. The first-order chi connectivity index (χ1) is 12.2. The number of carbonyl (C=O) groups excluding carboxylic acids is 2. The van der Waals surface area contributed by atoms with Gasteiger partial charge in [0.25, 0.3) is 5.91 Å². The Bertz CT molecular complexity index is 681. The molecule has 3 rings (SSSR count). The van der Waals surface area contributed by atoms with E-state index in [1.165, 1.54) is 0 Å². The summed E-state index contributed by atoms with van der Waals surface area (Å²) in [5.74, 6) is -0.0340. The van der Waals surface area contributed by atoms with Gasteiger partial charge in [0.05, 0.1) is 6.54 Å². The first-order valence-corrected chi connectivity index (χ1v) is 9.54. The molecule has 1 aromatic heterocycles. The molecule has 0 radical (unpaired) electrons. The summed E-state index contributed by atoms with van der Waals surface area (Å²) in [6, 6.07) is 0.424. The van der Waals surface area contributed by atoms with Crippen LogP contribution in [0.2, 0.25) is 0 Å². The molecule has 0 saturated carbocycles. The predicted octanol–water partition coefficient (Wildman–Crippen LogP) is 3.11. The van der Waals surface area contributed by atoms with E-state index in [1.807, 2.05) is 25.7 Å². The Labute approximate surface area is 155 Å². The zero-order chi connectivity index (χ0) is 19.1. The summed E-state index contributed by atoms with van der Waals surface area (Å²) in [5, 5.41) is 7.32. The van der Waals surface area contributed by atoms with Crippen LogP contribution >= 0.6 is 0 Å². The van der Waals surface area contributed by atoms with E-state index in [0.717, 1.165) is 30.5 Å². The van der Waals surface area contributed by atoms with Crippen molar-refractivity contribution >= 4 is 12.0 Å². The first kappa shape index (κ1) is 18.7. The molecule has 0 aliphatic carbocycles. The number of likely N-dealkylation sites (tertiary alicyclic amines) is 1. The average molecular weight is 362 g/mol.